The second kappa shape index (κ2) is 12.0. The van der Waals surface area contributed by atoms with Crippen molar-refractivity contribution in [1.29, 1.82) is 0 Å². The third-order valence-electron chi connectivity index (χ3n) is 5.30. The SMILES string of the molecule is CC(C)(C)OC(=O)NCCOCCOCCNc1ccc2c(c1)C(=O)N(C1CCC(=O)NC1=O)C2=O. The van der Waals surface area contributed by atoms with Crippen molar-refractivity contribution >= 4 is 35.4 Å². The average Bonchev–Trinajstić information content (AvgIpc) is 3.03. The van der Waals surface area contributed by atoms with Crippen molar-refractivity contribution < 1.29 is 38.2 Å². The molecule has 1 saturated heterocycles. The van der Waals surface area contributed by atoms with Crippen molar-refractivity contribution in [2.75, 3.05) is 44.8 Å². The topological polar surface area (TPSA) is 152 Å². The van der Waals surface area contributed by atoms with Crippen molar-refractivity contribution in [3.05, 3.63) is 29.3 Å². The second-order valence-corrected chi connectivity index (χ2v) is 9.29. The lowest BCUT2D eigenvalue weighted by Gasteiger charge is -2.27. The van der Waals surface area contributed by atoms with Gasteiger partial charge in [-0.2, -0.15) is 0 Å². The van der Waals surface area contributed by atoms with Crippen molar-refractivity contribution in [1.82, 2.24) is 15.5 Å². The van der Waals surface area contributed by atoms with Crippen molar-refractivity contribution in [3.8, 4) is 0 Å². The van der Waals surface area contributed by atoms with Gasteiger partial charge in [-0.1, -0.05) is 0 Å². The highest BCUT2D eigenvalue weighted by atomic mass is 16.6. The van der Waals surface area contributed by atoms with Gasteiger partial charge in [0, 0.05) is 25.2 Å². The van der Waals surface area contributed by atoms with Gasteiger partial charge in [-0.15, -0.1) is 0 Å². The van der Waals surface area contributed by atoms with Crippen LogP contribution in [0.3, 0.4) is 0 Å². The molecule has 1 fully saturated rings. The van der Waals surface area contributed by atoms with Crippen LogP contribution in [-0.2, 0) is 23.8 Å². The van der Waals surface area contributed by atoms with Gasteiger partial charge in [0.15, 0.2) is 0 Å². The molecule has 0 spiro atoms. The number of hydrogen-bond acceptors (Lipinski definition) is 9. The van der Waals surface area contributed by atoms with E-state index in [2.05, 4.69) is 16.0 Å². The van der Waals surface area contributed by atoms with Gasteiger partial charge < -0.3 is 24.8 Å². The van der Waals surface area contributed by atoms with E-state index in [9.17, 15) is 24.0 Å². The van der Waals surface area contributed by atoms with E-state index in [0.717, 1.165) is 4.90 Å². The van der Waals surface area contributed by atoms with Gasteiger partial charge in [-0.3, -0.25) is 29.4 Å². The largest absolute Gasteiger partial charge is 0.444 e. The summed E-state index contributed by atoms with van der Waals surface area (Å²) in [6.07, 6.45) is -0.303. The summed E-state index contributed by atoms with van der Waals surface area (Å²) in [7, 11) is 0. The Morgan fingerprint density at radius 1 is 1.00 bits per heavy atom. The number of alkyl carbamates (subject to hydrolysis) is 1. The number of benzene rings is 1. The predicted molar refractivity (Wildman–Crippen MR) is 127 cm³/mol. The number of nitrogens with zero attached hydrogens (tertiary/aromatic N) is 1. The molecule has 0 saturated carbocycles. The molecule has 36 heavy (non-hydrogen) atoms. The van der Waals surface area contributed by atoms with E-state index in [0.29, 0.717) is 45.2 Å². The molecule has 5 amide bonds. The van der Waals surface area contributed by atoms with Gasteiger partial charge in [0.05, 0.1) is 37.6 Å². The number of piperidine rings is 1. The zero-order chi connectivity index (χ0) is 26.3. The third-order valence-corrected chi connectivity index (χ3v) is 5.30. The normalized spacial score (nSPS) is 17.6. The maximum absolute atomic E-state index is 12.9. The van der Waals surface area contributed by atoms with Crippen LogP contribution in [0.15, 0.2) is 18.2 Å². The lowest BCUT2D eigenvalue weighted by molar-refractivity contribution is -0.136. The number of amides is 5. The number of carbonyl (C=O) groups is 5. The smallest absolute Gasteiger partial charge is 0.407 e. The molecular weight excluding hydrogens is 472 g/mol. The van der Waals surface area contributed by atoms with E-state index in [1.54, 1.807) is 39.0 Å². The summed E-state index contributed by atoms with van der Waals surface area (Å²) in [6.45, 7) is 7.60. The van der Waals surface area contributed by atoms with Crippen LogP contribution in [0, 0.1) is 0 Å². The maximum Gasteiger partial charge on any atom is 0.407 e. The number of hydrogen-bond donors (Lipinski definition) is 3. The molecule has 12 heteroatoms. The van der Waals surface area contributed by atoms with Gasteiger partial charge >= 0.3 is 6.09 Å². The Morgan fingerprint density at radius 3 is 2.33 bits per heavy atom. The highest BCUT2D eigenvalue weighted by Gasteiger charge is 2.44. The maximum atomic E-state index is 12.9. The summed E-state index contributed by atoms with van der Waals surface area (Å²) in [4.78, 5) is 61.5. The minimum atomic E-state index is -0.991. The zero-order valence-electron chi connectivity index (χ0n) is 20.7. The van der Waals surface area contributed by atoms with E-state index in [1.807, 2.05) is 0 Å². The van der Waals surface area contributed by atoms with E-state index in [1.165, 1.54) is 0 Å². The van der Waals surface area contributed by atoms with Crippen molar-refractivity contribution in [2.45, 2.75) is 45.3 Å². The number of fused-ring (bicyclic) bond motifs is 1. The predicted octanol–water partition coefficient (Wildman–Crippen LogP) is 1.06. The van der Waals surface area contributed by atoms with Gasteiger partial charge in [0.1, 0.15) is 11.6 Å². The first-order valence-electron chi connectivity index (χ1n) is 11.8. The van der Waals surface area contributed by atoms with E-state index in [-0.39, 0.29) is 24.0 Å². The molecule has 1 aromatic rings. The molecule has 1 atom stereocenters. The molecule has 0 radical (unpaired) electrons. The average molecular weight is 505 g/mol. The summed E-state index contributed by atoms with van der Waals surface area (Å²) in [5.74, 6) is -2.15. The summed E-state index contributed by atoms with van der Waals surface area (Å²) in [6, 6.07) is 3.81. The number of rotatable bonds is 11. The first kappa shape index (κ1) is 27.1. The highest BCUT2D eigenvalue weighted by Crippen LogP contribution is 2.29. The number of anilines is 1. The fraction of sp³-hybridized carbons (Fsp3) is 0.542. The zero-order valence-corrected chi connectivity index (χ0v) is 20.7. The van der Waals surface area contributed by atoms with Crippen LogP contribution >= 0.6 is 0 Å². The summed E-state index contributed by atoms with van der Waals surface area (Å²) < 4.78 is 16.0. The quantitative estimate of drug-likeness (QED) is 0.297. The van der Waals surface area contributed by atoms with Crippen LogP contribution in [0.2, 0.25) is 0 Å². The van der Waals surface area contributed by atoms with Gasteiger partial charge in [-0.25, -0.2) is 4.79 Å². The molecule has 2 aliphatic heterocycles. The molecule has 1 aromatic carbocycles. The molecule has 1 unspecified atom stereocenters. The first-order chi connectivity index (χ1) is 17.1. The van der Waals surface area contributed by atoms with E-state index >= 15 is 0 Å². The molecule has 12 nitrogen and oxygen atoms in total. The minimum absolute atomic E-state index is 0.0740. The Bertz CT molecular complexity index is 1020. The third kappa shape index (κ3) is 7.25. The number of imide groups is 2. The highest BCUT2D eigenvalue weighted by molar-refractivity contribution is 6.23. The lowest BCUT2D eigenvalue weighted by atomic mass is 10.0. The molecule has 196 valence electrons. The molecule has 3 N–H and O–H groups in total. The summed E-state index contributed by atoms with van der Waals surface area (Å²) >= 11 is 0. The van der Waals surface area contributed by atoms with Crippen LogP contribution in [0.25, 0.3) is 0 Å². The van der Waals surface area contributed by atoms with Gasteiger partial charge in [0.2, 0.25) is 11.8 Å². The molecular formula is C24H32N4O8. The van der Waals surface area contributed by atoms with Gasteiger partial charge in [0.25, 0.3) is 11.8 Å². The van der Waals surface area contributed by atoms with Crippen LogP contribution in [0.1, 0.15) is 54.3 Å². The van der Waals surface area contributed by atoms with Crippen LogP contribution in [0.4, 0.5) is 10.5 Å². The first-order valence-corrected chi connectivity index (χ1v) is 11.8. The Kier molecular flexibility index (Phi) is 8.99. The van der Waals surface area contributed by atoms with E-state index in [4.69, 9.17) is 14.2 Å². The Balaban J connectivity index is 1.34. The monoisotopic (exact) mass is 504 g/mol. The Hall–Kier alpha value is -3.51. The molecule has 0 bridgehead atoms. The van der Waals surface area contributed by atoms with Crippen molar-refractivity contribution in [2.24, 2.45) is 0 Å². The number of ether oxygens (including phenoxy) is 3. The van der Waals surface area contributed by atoms with Crippen LogP contribution in [-0.4, -0.2) is 85.8 Å². The lowest BCUT2D eigenvalue weighted by Crippen LogP contribution is -2.54. The number of nitrogens with one attached hydrogen (secondary N) is 3. The Labute approximate surface area is 209 Å². The fourth-order valence-corrected chi connectivity index (χ4v) is 3.71. The molecule has 2 aliphatic rings. The molecule has 3 rings (SSSR count). The standard InChI is InChI=1S/C24H32N4O8/c1-24(2,3)36-23(33)26-9-11-35-13-12-34-10-8-25-15-4-5-16-17(14-15)22(32)28(21(16)31)18-6-7-19(29)27-20(18)30/h4-5,14,18,25H,6-13H2,1-3H3,(H,26,33)(H,27,29,30). The Morgan fingerprint density at radius 2 is 1.67 bits per heavy atom. The minimum Gasteiger partial charge on any atom is -0.444 e. The van der Waals surface area contributed by atoms with Crippen molar-refractivity contribution in [3.63, 3.8) is 0 Å². The number of carbonyl (C=O) groups excluding carboxylic acids is 5. The molecule has 2 heterocycles. The molecule has 0 aliphatic carbocycles. The van der Waals surface area contributed by atoms with Crippen LogP contribution < -0.4 is 16.0 Å². The molecule has 0 aromatic heterocycles. The fourth-order valence-electron chi connectivity index (χ4n) is 3.71. The van der Waals surface area contributed by atoms with Crippen LogP contribution in [0.5, 0.6) is 0 Å². The summed E-state index contributed by atoms with van der Waals surface area (Å²) in [5.41, 5.74) is 0.525. The van der Waals surface area contributed by atoms with Gasteiger partial charge in [-0.05, 0) is 45.4 Å². The second-order valence-electron chi connectivity index (χ2n) is 9.29. The van der Waals surface area contributed by atoms with E-state index < -0.39 is 41.4 Å². The summed E-state index contributed by atoms with van der Waals surface area (Å²) in [5, 5.41) is 7.90.